The lowest BCUT2D eigenvalue weighted by molar-refractivity contribution is -0.123. The molecule has 4 rings (SSSR count). The number of hydrogen-bond donors (Lipinski definition) is 4. The third kappa shape index (κ3) is 7.67. The number of hydrogen-bond acceptors (Lipinski definition) is 8. The molecular formula is C26H26N5O6P. The molecule has 0 saturated heterocycles. The molecule has 0 aliphatic rings. The molecule has 0 saturated carbocycles. The van der Waals surface area contributed by atoms with E-state index in [2.05, 4.69) is 30.1 Å². The molecule has 4 N–H and O–H groups in total. The SMILES string of the molecule is Cc1ccc(Oc2ccc(Nc3ncnc4ccc(C=CCNC(=O)COP(=O)(O)O)cc34)cc2C)cn1. The number of nitrogens with one attached hydrogen (secondary N) is 2. The Balaban J connectivity index is 1.43. The van der Waals surface area contributed by atoms with Crippen LogP contribution in [0.2, 0.25) is 0 Å². The van der Waals surface area contributed by atoms with E-state index in [-0.39, 0.29) is 6.54 Å². The smallest absolute Gasteiger partial charge is 0.455 e. The van der Waals surface area contributed by atoms with Gasteiger partial charge in [-0.2, -0.15) is 0 Å². The number of phosphoric acid groups is 1. The van der Waals surface area contributed by atoms with E-state index in [1.807, 2.05) is 62.4 Å². The van der Waals surface area contributed by atoms with E-state index in [1.165, 1.54) is 6.33 Å². The lowest BCUT2D eigenvalue weighted by Gasteiger charge is -2.12. The molecule has 0 radical (unpaired) electrons. The van der Waals surface area contributed by atoms with Crippen molar-refractivity contribution in [3.63, 3.8) is 0 Å². The van der Waals surface area contributed by atoms with Crippen LogP contribution in [0.1, 0.15) is 16.8 Å². The van der Waals surface area contributed by atoms with Crippen LogP contribution in [0.15, 0.2) is 67.1 Å². The Morgan fingerprint density at radius 1 is 1.05 bits per heavy atom. The molecule has 0 bridgehead atoms. The summed E-state index contributed by atoms with van der Waals surface area (Å²) in [7, 11) is -4.69. The van der Waals surface area contributed by atoms with E-state index in [0.29, 0.717) is 11.6 Å². The number of fused-ring (bicyclic) bond motifs is 1. The summed E-state index contributed by atoms with van der Waals surface area (Å²) in [5.41, 5.74) is 4.29. The second kappa shape index (κ2) is 11.9. The van der Waals surface area contributed by atoms with Gasteiger partial charge in [-0.1, -0.05) is 18.2 Å². The maximum Gasteiger partial charge on any atom is 0.470 e. The molecule has 1 amide bonds. The summed E-state index contributed by atoms with van der Waals surface area (Å²) in [6.07, 6.45) is 6.69. The minimum absolute atomic E-state index is 0.157. The number of rotatable bonds is 10. The predicted octanol–water partition coefficient (Wildman–Crippen LogP) is 4.42. The number of benzene rings is 2. The van der Waals surface area contributed by atoms with Crippen LogP contribution in [0.3, 0.4) is 0 Å². The van der Waals surface area contributed by atoms with Crippen LogP contribution < -0.4 is 15.4 Å². The zero-order valence-corrected chi connectivity index (χ0v) is 21.6. The van der Waals surface area contributed by atoms with Gasteiger partial charge in [-0.25, -0.2) is 14.5 Å². The maximum absolute atomic E-state index is 11.6. The van der Waals surface area contributed by atoms with Crippen LogP contribution in [-0.4, -0.2) is 43.8 Å². The van der Waals surface area contributed by atoms with Gasteiger partial charge in [0.25, 0.3) is 0 Å². The van der Waals surface area contributed by atoms with Crippen molar-refractivity contribution >= 4 is 42.2 Å². The van der Waals surface area contributed by atoms with Crippen LogP contribution in [0.25, 0.3) is 17.0 Å². The first kappa shape index (κ1) is 26.9. The van der Waals surface area contributed by atoms with Crippen molar-refractivity contribution in [3.8, 4) is 11.5 Å². The Kier molecular flexibility index (Phi) is 8.45. The monoisotopic (exact) mass is 535 g/mol. The Morgan fingerprint density at radius 2 is 1.89 bits per heavy atom. The molecule has 196 valence electrons. The van der Waals surface area contributed by atoms with Gasteiger partial charge in [-0.05, 0) is 67.4 Å². The second-order valence-electron chi connectivity index (χ2n) is 8.31. The lowest BCUT2D eigenvalue weighted by atomic mass is 10.1. The number of carbonyl (C=O) groups is 1. The Morgan fingerprint density at radius 3 is 2.63 bits per heavy atom. The van der Waals surface area contributed by atoms with Gasteiger partial charge < -0.3 is 25.2 Å². The number of ether oxygens (including phenoxy) is 1. The normalized spacial score (nSPS) is 11.6. The predicted molar refractivity (Wildman–Crippen MR) is 143 cm³/mol. The summed E-state index contributed by atoms with van der Waals surface area (Å²) in [5, 5.41) is 6.64. The van der Waals surface area contributed by atoms with Crippen LogP contribution in [0.5, 0.6) is 11.5 Å². The van der Waals surface area contributed by atoms with Crippen molar-refractivity contribution in [1.29, 1.82) is 0 Å². The molecule has 2 aromatic carbocycles. The summed E-state index contributed by atoms with van der Waals surface area (Å²) in [4.78, 5) is 41.9. The highest BCUT2D eigenvalue weighted by atomic mass is 31.2. The van der Waals surface area contributed by atoms with Crippen molar-refractivity contribution in [2.24, 2.45) is 0 Å². The van der Waals surface area contributed by atoms with Crippen LogP contribution in [-0.2, 0) is 13.9 Å². The topological polar surface area (TPSA) is 156 Å². The standard InChI is InChI=1S/C26H26N5O6P/c1-17-12-20(7-10-24(17)37-21-8-5-18(2)28-14-21)31-26-22-13-19(6-9-23(22)29-16-30-26)4-3-11-27-25(32)15-36-38(33,34)35/h3-10,12-14,16H,11,15H2,1-2H3,(H,27,32)(H,29,30,31)(H2,33,34,35). The van der Waals surface area contributed by atoms with Crippen LogP contribution >= 0.6 is 7.82 Å². The molecule has 0 aliphatic carbocycles. The van der Waals surface area contributed by atoms with Gasteiger partial charge in [-0.15, -0.1) is 0 Å². The van der Waals surface area contributed by atoms with E-state index in [1.54, 1.807) is 18.3 Å². The van der Waals surface area contributed by atoms with Gasteiger partial charge >= 0.3 is 7.82 Å². The van der Waals surface area contributed by atoms with E-state index in [4.69, 9.17) is 14.5 Å². The maximum atomic E-state index is 11.6. The third-order valence-corrected chi connectivity index (χ3v) is 5.77. The fourth-order valence-electron chi connectivity index (χ4n) is 3.46. The van der Waals surface area contributed by atoms with Crippen molar-refractivity contribution in [2.75, 3.05) is 18.5 Å². The minimum Gasteiger partial charge on any atom is -0.455 e. The number of aromatic nitrogens is 3. The average molecular weight is 535 g/mol. The Hall–Kier alpha value is -4.15. The summed E-state index contributed by atoms with van der Waals surface area (Å²) in [6.45, 7) is 3.31. The molecule has 2 heterocycles. The zero-order chi connectivity index (χ0) is 27.1. The van der Waals surface area contributed by atoms with Gasteiger partial charge in [0.05, 0.1) is 11.7 Å². The first-order valence-electron chi connectivity index (χ1n) is 11.5. The fourth-order valence-corrected chi connectivity index (χ4v) is 3.74. The van der Waals surface area contributed by atoms with Crippen molar-refractivity contribution < 1.29 is 28.4 Å². The molecule has 0 unspecified atom stereocenters. The second-order valence-corrected chi connectivity index (χ2v) is 9.55. The molecule has 4 aromatic rings. The number of pyridine rings is 1. The van der Waals surface area contributed by atoms with Crippen molar-refractivity contribution in [1.82, 2.24) is 20.3 Å². The van der Waals surface area contributed by atoms with E-state index in [9.17, 15) is 9.36 Å². The van der Waals surface area contributed by atoms with Gasteiger partial charge in [-0.3, -0.25) is 14.3 Å². The van der Waals surface area contributed by atoms with E-state index >= 15 is 0 Å². The molecule has 0 atom stereocenters. The minimum atomic E-state index is -4.69. The van der Waals surface area contributed by atoms with Gasteiger partial charge in [0.1, 0.15) is 30.3 Å². The number of carbonyl (C=O) groups excluding carboxylic acids is 1. The van der Waals surface area contributed by atoms with Gasteiger partial charge in [0.2, 0.25) is 5.91 Å². The zero-order valence-electron chi connectivity index (χ0n) is 20.7. The molecule has 12 heteroatoms. The quantitative estimate of drug-likeness (QED) is 0.214. The molecule has 0 spiro atoms. The van der Waals surface area contributed by atoms with E-state index < -0.39 is 20.3 Å². The summed E-state index contributed by atoms with van der Waals surface area (Å²) >= 11 is 0. The summed E-state index contributed by atoms with van der Waals surface area (Å²) in [5.74, 6) is 1.37. The highest BCUT2D eigenvalue weighted by Gasteiger charge is 2.15. The number of anilines is 2. The molecule has 38 heavy (non-hydrogen) atoms. The Labute approximate surface area is 218 Å². The van der Waals surface area contributed by atoms with Gasteiger partial charge in [0, 0.05) is 23.3 Å². The number of nitrogens with zero attached hydrogens (tertiary/aromatic N) is 3. The molecule has 0 fully saturated rings. The molecule has 0 aliphatic heterocycles. The summed E-state index contributed by atoms with van der Waals surface area (Å²) < 4.78 is 20.8. The molecule has 11 nitrogen and oxygen atoms in total. The average Bonchev–Trinajstić information content (AvgIpc) is 2.88. The van der Waals surface area contributed by atoms with Gasteiger partial charge in [0.15, 0.2) is 0 Å². The highest BCUT2D eigenvalue weighted by Crippen LogP contribution is 2.35. The lowest BCUT2D eigenvalue weighted by Crippen LogP contribution is -2.27. The van der Waals surface area contributed by atoms with Crippen LogP contribution in [0, 0.1) is 13.8 Å². The van der Waals surface area contributed by atoms with Crippen molar-refractivity contribution in [3.05, 3.63) is 84.0 Å². The van der Waals surface area contributed by atoms with Crippen LogP contribution in [0.4, 0.5) is 11.5 Å². The van der Waals surface area contributed by atoms with E-state index in [0.717, 1.165) is 39.2 Å². The first-order valence-corrected chi connectivity index (χ1v) is 13.1. The first-order chi connectivity index (χ1) is 18.2. The number of aryl methyl sites for hydroxylation is 2. The fraction of sp³-hybridized carbons (Fsp3) is 0.154. The Bertz CT molecular complexity index is 1520. The number of amides is 1. The third-order valence-electron chi connectivity index (χ3n) is 5.30. The largest absolute Gasteiger partial charge is 0.470 e. The molecule has 2 aromatic heterocycles. The summed E-state index contributed by atoms with van der Waals surface area (Å²) in [6, 6.07) is 15.2. The highest BCUT2D eigenvalue weighted by molar-refractivity contribution is 7.46. The van der Waals surface area contributed by atoms with Crippen molar-refractivity contribution in [2.45, 2.75) is 13.8 Å². The number of phosphoric ester groups is 1. The molecular weight excluding hydrogens is 509 g/mol.